The third-order valence-electron chi connectivity index (χ3n) is 11.2. The Balaban J connectivity index is 1.45. The topological polar surface area (TPSA) is 66.8 Å². The molecule has 32 heavy (non-hydrogen) atoms. The van der Waals surface area contributed by atoms with E-state index < -0.39 is 0 Å². The monoisotopic (exact) mass is 448 g/mol. The zero-order valence-corrected chi connectivity index (χ0v) is 21.2. The summed E-state index contributed by atoms with van der Waals surface area (Å²) in [6.45, 7) is 11.2. The second-order valence-electron chi connectivity index (χ2n) is 12.6. The molecule has 11 atom stereocenters. The van der Waals surface area contributed by atoms with Crippen molar-refractivity contribution in [3.63, 3.8) is 0 Å². The summed E-state index contributed by atoms with van der Waals surface area (Å²) in [5, 5.41) is 21.9. The number of aliphatic hydroxyl groups excluding tert-OH is 2. The number of hydrogen-bond acceptors (Lipinski definition) is 4. The molecular formula is C28H48O4. The summed E-state index contributed by atoms with van der Waals surface area (Å²) in [6, 6.07) is 0. The molecule has 4 saturated carbocycles. The van der Waals surface area contributed by atoms with Gasteiger partial charge in [-0.1, -0.05) is 27.7 Å². The first-order valence-electron chi connectivity index (χ1n) is 13.7. The number of hydrogen-bond donors (Lipinski definition) is 2. The van der Waals surface area contributed by atoms with Gasteiger partial charge in [-0.15, -0.1) is 0 Å². The standard InChI is InChI=1S/C28H48O4/c1-6-18(3)32-26(31)12-7-17(2)22-10-11-23-21-9-8-19-15-20(29)13-14-27(19,4)24(21)16-25(30)28(22,23)5/h17-25,29-30H,6-16H2,1-5H3/t17-,18?,19-,20-,21+,22-,23+,24+,25+,27+,28-/m1/s1. The molecule has 0 aromatic heterocycles. The van der Waals surface area contributed by atoms with Crippen molar-refractivity contribution < 1.29 is 19.7 Å². The maximum absolute atomic E-state index is 12.2. The van der Waals surface area contributed by atoms with E-state index >= 15 is 0 Å². The van der Waals surface area contributed by atoms with Crippen LogP contribution in [0.25, 0.3) is 0 Å². The van der Waals surface area contributed by atoms with E-state index in [9.17, 15) is 15.0 Å². The largest absolute Gasteiger partial charge is 0.463 e. The number of ether oxygens (including phenoxy) is 1. The highest BCUT2D eigenvalue weighted by atomic mass is 16.5. The van der Waals surface area contributed by atoms with Gasteiger partial charge in [0.2, 0.25) is 0 Å². The number of carbonyl (C=O) groups is 1. The highest BCUT2D eigenvalue weighted by molar-refractivity contribution is 5.69. The number of esters is 1. The molecule has 1 unspecified atom stereocenters. The minimum Gasteiger partial charge on any atom is -0.463 e. The fourth-order valence-electron chi connectivity index (χ4n) is 9.07. The molecule has 0 saturated heterocycles. The lowest BCUT2D eigenvalue weighted by atomic mass is 9.43. The average molecular weight is 449 g/mol. The predicted molar refractivity (Wildman–Crippen MR) is 127 cm³/mol. The van der Waals surface area contributed by atoms with Crippen molar-refractivity contribution in [1.82, 2.24) is 0 Å². The Morgan fingerprint density at radius 3 is 2.50 bits per heavy atom. The first kappa shape index (κ1) is 24.5. The van der Waals surface area contributed by atoms with Gasteiger partial charge in [0.1, 0.15) is 0 Å². The second-order valence-corrected chi connectivity index (χ2v) is 12.6. The first-order valence-corrected chi connectivity index (χ1v) is 13.7. The first-order chi connectivity index (χ1) is 15.1. The molecule has 0 heterocycles. The highest BCUT2D eigenvalue weighted by Crippen LogP contribution is 2.68. The summed E-state index contributed by atoms with van der Waals surface area (Å²) >= 11 is 0. The minimum absolute atomic E-state index is 0.000626. The van der Waals surface area contributed by atoms with E-state index in [0.717, 1.165) is 38.5 Å². The summed E-state index contributed by atoms with van der Waals surface area (Å²) in [4.78, 5) is 12.2. The van der Waals surface area contributed by atoms with Crippen molar-refractivity contribution in [3.05, 3.63) is 0 Å². The summed E-state index contributed by atoms with van der Waals surface area (Å²) in [5.74, 6) is 3.38. The third-order valence-corrected chi connectivity index (χ3v) is 11.2. The quantitative estimate of drug-likeness (QED) is 0.509. The molecule has 0 aromatic rings. The van der Waals surface area contributed by atoms with Crippen LogP contribution < -0.4 is 0 Å². The van der Waals surface area contributed by atoms with Crippen LogP contribution in [0.5, 0.6) is 0 Å². The van der Waals surface area contributed by atoms with Crippen LogP contribution in [0.15, 0.2) is 0 Å². The van der Waals surface area contributed by atoms with Crippen LogP contribution in [0.3, 0.4) is 0 Å². The third kappa shape index (κ3) is 4.06. The number of fused-ring (bicyclic) bond motifs is 5. The van der Waals surface area contributed by atoms with E-state index in [4.69, 9.17) is 4.74 Å². The molecule has 0 spiro atoms. The van der Waals surface area contributed by atoms with Gasteiger partial charge in [-0.25, -0.2) is 0 Å². The van der Waals surface area contributed by atoms with Gasteiger partial charge in [-0.05, 0) is 117 Å². The summed E-state index contributed by atoms with van der Waals surface area (Å²) in [6.07, 6.45) is 10.7. The normalized spacial score (nSPS) is 47.7. The molecule has 0 aromatic carbocycles. The van der Waals surface area contributed by atoms with E-state index in [0.29, 0.717) is 41.9 Å². The molecule has 0 radical (unpaired) electrons. The Morgan fingerprint density at radius 2 is 1.78 bits per heavy atom. The summed E-state index contributed by atoms with van der Waals surface area (Å²) < 4.78 is 5.50. The minimum atomic E-state index is -0.252. The van der Waals surface area contributed by atoms with Crippen LogP contribution in [-0.4, -0.2) is 34.5 Å². The Bertz CT molecular complexity index is 678. The molecule has 0 amide bonds. The van der Waals surface area contributed by atoms with Crippen LogP contribution in [0.4, 0.5) is 0 Å². The average Bonchev–Trinajstić information content (AvgIpc) is 3.12. The lowest BCUT2D eigenvalue weighted by Gasteiger charge is -2.62. The Kier molecular flexibility index (Phi) is 7.05. The summed E-state index contributed by atoms with van der Waals surface area (Å²) in [7, 11) is 0. The fourth-order valence-corrected chi connectivity index (χ4v) is 9.07. The van der Waals surface area contributed by atoms with Crippen molar-refractivity contribution in [1.29, 1.82) is 0 Å². The van der Waals surface area contributed by atoms with Crippen molar-refractivity contribution in [2.75, 3.05) is 0 Å². The van der Waals surface area contributed by atoms with Gasteiger partial charge < -0.3 is 14.9 Å². The van der Waals surface area contributed by atoms with Gasteiger partial charge in [0.05, 0.1) is 18.3 Å². The van der Waals surface area contributed by atoms with Crippen molar-refractivity contribution >= 4 is 5.97 Å². The lowest BCUT2D eigenvalue weighted by molar-refractivity contribution is -0.175. The van der Waals surface area contributed by atoms with Crippen molar-refractivity contribution in [3.8, 4) is 0 Å². The van der Waals surface area contributed by atoms with Crippen molar-refractivity contribution in [2.24, 2.45) is 46.3 Å². The fraction of sp³-hybridized carbons (Fsp3) is 0.964. The zero-order chi connectivity index (χ0) is 23.3. The van der Waals surface area contributed by atoms with Crippen molar-refractivity contribution in [2.45, 2.75) is 124 Å². The lowest BCUT2D eigenvalue weighted by Crippen LogP contribution is -2.58. The molecule has 4 nitrogen and oxygen atoms in total. The summed E-state index contributed by atoms with van der Waals surface area (Å²) in [5.41, 5.74) is 0.256. The molecule has 184 valence electrons. The van der Waals surface area contributed by atoms with E-state index in [1.54, 1.807) is 0 Å². The molecule has 4 aliphatic rings. The smallest absolute Gasteiger partial charge is 0.306 e. The molecule has 4 aliphatic carbocycles. The maximum atomic E-state index is 12.2. The predicted octanol–water partition coefficient (Wildman–Crippen LogP) is 5.74. The van der Waals surface area contributed by atoms with Gasteiger partial charge in [0.15, 0.2) is 0 Å². The van der Waals surface area contributed by atoms with Gasteiger partial charge in [-0.3, -0.25) is 4.79 Å². The van der Waals surface area contributed by atoms with Crippen LogP contribution in [0.1, 0.15) is 105 Å². The zero-order valence-electron chi connectivity index (χ0n) is 21.2. The van der Waals surface area contributed by atoms with E-state index in [1.807, 2.05) is 13.8 Å². The molecule has 4 heteroatoms. The van der Waals surface area contributed by atoms with Crippen LogP contribution in [0.2, 0.25) is 0 Å². The molecule has 0 bridgehead atoms. The van der Waals surface area contributed by atoms with E-state index in [1.165, 1.54) is 25.7 Å². The molecule has 4 rings (SSSR count). The Hall–Kier alpha value is -0.610. The SMILES string of the molecule is CCC(C)OC(=O)CC[C@@H](C)[C@H]1CC[C@H]2[C@@H]3CC[C@@H]4C[C@H](O)CC[C@]4(C)[C@H]3C[C@H](O)[C@]12C. The van der Waals surface area contributed by atoms with Gasteiger partial charge >= 0.3 is 5.97 Å². The van der Waals surface area contributed by atoms with Gasteiger partial charge in [-0.2, -0.15) is 0 Å². The molecular weight excluding hydrogens is 400 g/mol. The number of carbonyl (C=O) groups excluding carboxylic acids is 1. The highest BCUT2D eigenvalue weighted by Gasteiger charge is 2.63. The van der Waals surface area contributed by atoms with Gasteiger partial charge in [0.25, 0.3) is 0 Å². The molecule has 0 aliphatic heterocycles. The number of rotatable bonds is 6. The second kappa shape index (κ2) is 9.21. The molecule has 2 N–H and O–H groups in total. The molecule has 4 fully saturated rings. The van der Waals surface area contributed by atoms with E-state index in [-0.39, 0.29) is 35.1 Å². The maximum Gasteiger partial charge on any atom is 0.306 e. The van der Waals surface area contributed by atoms with E-state index in [2.05, 4.69) is 20.8 Å². The van der Waals surface area contributed by atoms with Crippen LogP contribution in [-0.2, 0) is 9.53 Å². The Labute approximate surface area is 195 Å². The van der Waals surface area contributed by atoms with Crippen LogP contribution in [0, 0.1) is 46.3 Å². The number of aliphatic hydroxyl groups is 2. The van der Waals surface area contributed by atoms with Crippen LogP contribution >= 0.6 is 0 Å². The van der Waals surface area contributed by atoms with Gasteiger partial charge in [0, 0.05) is 6.42 Å². The Morgan fingerprint density at radius 1 is 1.03 bits per heavy atom.